The van der Waals surface area contributed by atoms with Crippen LogP contribution in [-0.4, -0.2) is 64.5 Å². The van der Waals surface area contributed by atoms with E-state index in [9.17, 15) is 19.1 Å². The fraction of sp³-hybridized carbons (Fsp3) is 0.382. The van der Waals surface area contributed by atoms with E-state index in [-0.39, 0.29) is 46.5 Å². The number of alkyl halides is 1. The molecule has 3 saturated heterocycles. The molecule has 1 aromatic heterocycles. The number of fused-ring (bicyclic) bond motifs is 3. The summed E-state index contributed by atoms with van der Waals surface area (Å²) in [5, 5.41) is 21.3. The van der Waals surface area contributed by atoms with Gasteiger partial charge in [0.15, 0.2) is 5.82 Å². The van der Waals surface area contributed by atoms with Crippen molar-refractivity contribution < 1.29 is 23.0 Å². The number of halogens is 3. The number of nitriles is 1. The van der Waals surface area contributed by atoms with Crippen LogP contribution in [-0.2, 0) is 0 Å². The molecule has 7 nitrogen and oxygen atoms in total. The molecule has 3 aliphatic rings. The Morgan fingerprint density at radius 3 is 2.77 bits per heavy atom. The van der Waals surface area contributed by atoms with Crippen molar-refractivity contribution in [2.24, 2.45) is 5.92 Å². The first-order valence-corrected chi connectivity index (χ1v) is 14.9. The van der Waals surface area contributed by atoms with Crippen LogP contribution in [0.3, 0.4) is 0 Å². The van der Waals surface area contributed by atoms with Crippen LogP contribution in [0.15, 0.2) is 36.4 Å². The van der Waals surface area contributed by atoms with Gasteiger partial charge in [-0.3, -0.25) is 4.90 Å². The lowest BCUT2D eigenvalue weighted by molar-refractivity contribution is 0.107. The second-order valence-corrected chi connectivity index (χ2v) is 12.1. The van der Waals surface area contributed by atoms with Crippen LogP contribution in [0.25, 0.3) is 32.8 Å². The lowest BCUT2D eigenvalue weighted by Crippen LogP contribution is -2.43. The maximum absolute atomic E-state index is 16.7. The summed E-state index contributed by atoms with van der Waals surface area (Å²) in [6.45, 7) is 2.38. The number of anilines is 1. The Morgan fingerprint density at radius 1 is 1.09 bits per heavy atom. The molecule has 44 heavy (non-hydrogen) atoms. The minimum absolute atomic E-state index is 0.0210. The summed E-state index contributed by atoms with van der Waals surface area (Å²) < 4.78 is 52.1. The first kappa shape index (κ1) is 28.2. The molecule has 0 saturated carbocycles. The molecule has 0 radical (unpaired) electrons. The Kier molecular flexibility index (Phi) is 6.98. The number of benzene rings is 3. The van der Waals surface area contributed by atoms with E-state index in [1.165, 1.54) is 24.3 Å². The predicted octanol–water partition coefficient (Wildman–Crippen LogP) is 6.11. The van der Waals surface area contributed by atoms with E-state index in [2.05, 4.69) is 21.9 Å². The second kappa shape index (κ2) is 10.9. The zero-order valence-corrected chi connectivity index (χ0v) is 24.0. The number of terminal acetylenes is 1. The highest BCUT2D eigenvalue weighted by molar-refractivity contribution is 6.04. The fourth-order valence-electron chi connectivity index (χ4n) is 7.34. The van der Waals surface area contributed by atoms with Crippen molar-refractivity contribution in [3.63, 3.8) is 0 Å². The zero-order valence-electron chi connectivity index (χ0n) is 24.0. The zero-order chi connectivity index (χ0) is 30.6. The molecule has 1 N–H and O–H groups in total. The van der Waals surface area contributed by atoms with Gasteiger partial charge in [0.2, 0.25) is 0 Å². The third kappa shape index (κ3) is 4.65. The van der Waals surface area contributed by atoms with Crippen molar-refractivity contribution in [2.45, 2.75) is 43.8 Å². The smallest absolute Gasteiger partial charge is 0.319 e. The second-order valence-electron chi connectivity index (χ2n) is 12.1. The van der Waals surface area contributed by atoms with Crippen molar-refractivity contribution in [1.82, 2.24) is 14.9 Å². The number of piperidine rings is 1. The van der Waals surface area contributed by atoms with Crippen LogP contribution in [0.5, 0.6) is 11.8 Å². The Balaban J connectivity index is 1.38. The van der Waals surface area contributed by atoms with Crippen molar-refractivity contribution in [3.8, 4) is 41.3 Å². The first-order chi connectivity index (χ1) is 21.3. The lowest BCUT2D eigenvalue weighted by atomic mass is 9.93. The highest BCUT2D eigenvalue weighted by Crippen LogP contribution is 2.42. The summed E-state index contributed by atoms with van der Waals surface area (Å²) in [6.07, 6.45) is 8.37. The molecule has 1 unspecified atom stereocenters. The monoisotopic (exact) mass is 597 g/mol. The normalized spacial score (nSPS) is 23.5. The van der Waals surface area contributed by atoms with Crippen molar-refractivity contribution >= 4 is 27.5 Å². The average Bonchev–Trinajstić information content (AvgIpc) is 3.55. The molecule has 0 amide bonds. The summed E-state index contributed by atoms with van der Waals surface area (Å²) in [5.74, 6) is 1.14. The Hall–Kier alpha value is -4.54. The molecule has 3 fully saturated rings. The molecule has 3 atom stereocenters. The van der Waals surface area contributed by atoms with Crippen LogP contribution < -0.4 is 9.64 Å². The van der Waals surface area contributed by atoms with Crippen molar-refractivity contribution in [1.29, 1.82) is 5.26 Å². The van der Waals surface area contributed by atoms with E-state index >= 15 is 4.39 Å². The summed E-state index contributed by atoms with van der Waals surface area (Å²) >= 11 is 0. The third-order valence-corrected chi connectivity index (χ3v) is 9.39. The summed E-state index contributed by atoms with van der Waals surface area (Å²) in [7, 11) is 0. The number of ether oxygens (including phenoxy) is 1. The van der Waals surface area contributed by atoms with E-state index in [0.29, 0.717) is 48.0 Å². The molecular formula is C34H30F3N5O2. The Labute approximate surface area is 252 Å². The highest BCUT2D eigenvalue weighted by Gasteiger charge is 2.49. The quantitative estimate of drug-likeness (QED) is 0.278. The molecule has 0 aliphatic carbocycles. The molecular weight excluding hydrogens is 567 g/mol. The van der Waals surface area contributed by atoms with Gasteiger partial charge in [-0.1, -0.05) is 18.1 Å². The molecule has 4 heterocycles. The summed E-state index contributed by atoms with van der Waals surface area (Å²) in [4.78, 5) is 13.3. The van der Waals surface area contributed by atoms with Gasteiger partial charge < -0.3 is 14.7 Å². The average molecular weight is 598 g/mol. The van der Waals surface area contributed by atoms with E-state index in [1.807, 2.05) is 4.90 Å². The van der Waals surface area contributed by atoms with E-state index in [0.717, 1.165) is 32.2 Å². The molecule has 3 aromatic carbocycles. The number of hydrogen-bond acceptors (Lipinski definition) is 7. The number of aromatic hydroxyl groups is 1. The molecule has 3 aliphatic heterocycles. The fourth-order valence-corrected chi connectivity index (χ4v) is 7.34. The number of rotatable bonds is 5. The minimum atomic E-state index is -0.932. The molecule has 0 bridgehead atoms. The lowest BCUT2D eigenvalue weighted by Gasteiger charge is -2.32. The number of phenols is 1. The van der Waals surface area contributed by atoms with Gasteiger partial charge in [0.1, 0.15) is 35.7 Å². The maximum atomic E-state index is 16.7. The van der Waals surface area contributed by atoms with E-state index in [4.69, 9.17) is 16.1 Å². The number of nitrogens with zero attached hydrogens (tertiary/aromatic N) is 5. The first-order valence-electron chi connectivity index (χ1n) is 14.9. The summed E-state index contributed by atoms with van der Waals surface area (Å²) in [5.41, 5.74) is -0.222. The summed E-state index contributed by atoms with van der Waals surface area (Å²) in [6, 6.07) is 11.0. The molecule has 4 aromatic rings. The molecule has 0 spiro atoms. The molecule has 224 valence electrons. The van der Waals surface area contributed by atoms with Crippen molar-refractivity contribution in [2.75, 3.05) is 37.7 Å². The number of hydrogen-bond donors (Lipinski definition) is 1. The van der Waals surface area contributed by atoms with Crippen LogP contribution in [0.1, 0.15) is 37.7 Å². The van der Waals surface area contributed by atoms with E-state index < -0.39 is 23.3 Å². The van der Waals surface area contributed by atoms with Crippen LogP contribution in [0.2, 0.25) is 0 Å². The van der Waals surface area contributed by atoms with Gasteiger partial charge in [-0.2, -0.15) is 15.2 Å². The van der Waals surface area contributed by atoms with Gasteiger partial charge >= 0.3 is 6.01 Å². The van der Waals surface area contributed by atoms with E-state index in [1.54, 1.807) is 12.1 Å². The largest absolute Gasteiger partial charge is 0.508 e. The van der Waals surface area contributed by atoms with Crippen LogP contribution in [0, 0.1) is 41.2 Å². The third-order valence-electron chi connectivity index (χ3n) is 9.39. The highest BCUT2D eigenvalue weighted by atomic mass is 19.1. The van der Waals surface area contributed by atoms with Gasteiger partial charge in [0, 0.05) is 42.4 Å². The van der Waals surface area contributed by atoms with Gasteiger partial charge in [-0.05, 0) is 67.4 Å². The Bertz CT molecular complexity index is 1890. The number of phenolic OH excluding ortho intramolecular Hbond substituents is 1. The Morgan fingerprint density at radius 2 is 1.95 bits per heavy atom. The topological polar surface area (TPSA) is 85.5 Å². The van der Waals surface area contributed by atoms with Gasteiger partial charge in [0.05, 0.1) is 23.1 Å². The van der Waals surface area contributed by atoms with Gasteiger partial charge in [-0.25, -0.2) is 13.2 Å². The SMILES string of the molecule is C#Cc1c(F)ccc2cc(O)cc(-c3ccc4c(N5CCCC(C#N)C5)nc(OC[C@@]56CCCN5C[C@H](F)C6)nc4c3F)c12. The maximum Gasteiger partial charge on any atom is 0.319 e. The molecule has 7 rings (SSSR count). The van der Waals surface area contributed by atoms with Gasteiger partial charge in [-0.15, -0.1) is 6.42 Å². The van der Waals surface area contributed by atoms with Gasteiger partial charge in [0.25, 0.3) is 0 Å². The van der Waals surface area contributed by atoms with Crippen LogP contribution in [0.4, 0.5) is 19.0 Å². The predicted molar refractivity (Wildman–Crippen MR) is 161 cm³/mol. The standard InChI is InChI=1S/C34H30F3N5O2/c1-2-24-28(36)9-6-21-13-23(43)14-27(29(21)24)25-7-8-26-31(30(25)37)39-33(40-32(26)41-11-3-5-20(16-38)17-41)44-19-34-10-4-12-42(34)18-22(35)15-34/h1,6-9,13-14,20,22,43H,3-5,10-12,15,17-19H2/t20?,22-,34+/m1/s1. The van der Waals surface area contributed by atoms with Crippen molar-refractivity contribution in [3.05, 3.63) is 53.6 Å². The number of aromatic nitrogens is 2. The minimum Gasteiger partial charge on any atom is -0.508 e. The molecule has 10 heteroatoms. The van der Waals surface area contributed by atoms with Crippen LogP contribution >= 0.6 is 0 Å².